The van der Waals surface area contributed by atoms with Crippen molar-refractivity contribution in [3.8, 4) is 10.4 Å². The molecule has 1 aliphatic heterocycles. The fraction of sp³-hybridized carbons (Fsp3) is 0.200. The van der Waals surface area contributed by atoms with Gasteiger partial charge in [-0.15, -0.1) is 11.3 Å². The van der Waals surface area contributed by atoms with Gasteiger partial charge in [-0.25, -0.2) is 14.2 Å². The monoisotopic (exact) mass is 367 g/mol. The van der Waals surface area contributed by atoms with Crippen LogP contribution in [0.1, 0.15) is 23.9 Å². The number of hydrogen-bond acceptors (Lipinski definition) is 3. The molecule has 1 atom stereocenters. The molecule has 0 spiro atoms. The Morgan fingerprint density at radius 2 is 1.92 bits per heavy atom. The molecule has 1 aliphatic rings. The Hall–Kier alpha value is -2.73. The second kappa shape index (κ2) is 7.25. The molecular weight excluding hydrogens is 349 g/mol. The summed E-state index contributed by atoms with van der Waals surface area (Å²) in [4.78, 5) is 20.2. The van der Waals surface area contributed by atoms with Crippen molar-refractivity contribution in [1.82, 2.24) is 9.88 Å². The molecule has 1 aromatic heterocycles. The number of aromatic nitrogens is 1. The van der Waals surface area contributed by atoms with Crippen LogP contribution in [0.2, 0.25) is 0 Å². The number of nitrogens with zero attached hydrogens (tertiary/aromatic N) is 2. The first-order chi connectivity index (χ1) is 12.7. The smallest absolute Gasteiger partial charge is 0.315 e. The summed E-state index contributed by atoms with van der Waals surface area (Å²) in [5, 5.41) is 3.80. The fourth-order valence-electron chi connectivity index (χ4n) is 3.17. The zero-order chi connectivity index (χ0) is 17.9. The highest BCUT2D eigenvalue weighted by atomic mass is 32.1. The minimum absolute atomic E-state index is 0.0158. The zero-order valence-electron chi connectivity index (χ0n) is 14.1. The third kappa shape index (κ3) is 3.46. The first kappa shape index (κ1) is 16.7. The van der Waals surface area contributed by atoms with Gasteiger partial charge in [0.15, 0.2) is 0 Å². The molecule has 1 saturated heterocycles. The van der Waals surface area contributed by atoms with E-state index in [9.17, 15) is 9.18 Å². The Labute approximate surface area is 155 Å². The van der Waals surface area contributed by atoms with Gasteiger partial charge in [-0.1, -0.05) is 30.3 Å². The molecule has 132 valence electrons. The highest BCUT2D eigenvalue weighted by Gasteiger charge is 2.32. The lowest BCUT2D eigenvalue weighted by Crippen LogP contribution is -2.34. The normalized spacial score (nSPS) is 16.7. The summed E-state index contributed by atoms with van der Waals surface area (Å²) in [5.74, 6) is -0.321. The number of thiazole rings is 1. The lowest BCUT2D eigenvalue weighted by atomic mass is 10.2. The molecule has 0 aliphatic carbocycles. The molecule has 0 saturated carbocycles. The Kier molecular flexibility index (Phi) is 4.67. The Morgan fingerprint density at radius 1 is 1.15 bits per heavy atom. The highest BCUT2D eigenvalue weighted by Crippen LogP contribution is 2.37. The quantitative estimate of drug-likeness (QED) is 0.681. The van der Waals surface area contributed by atoms with Gasteiger partial charge in [0.1, 0.15) is 10.8 Å². The van der Waals surface area contributed by atoms with Crippen LogP contribution in [0.4, 0.5) is 14.9 Å². The molecule has 0 radical (unpaired) electrons. The number of hydrogen-bond donors (Lipinski definition) is 1. The second-order valence-electron chi connectivity index (χ2n) is 6.22. The minimum atomic E-state index is -0.321. The molecule has 4 rings (SSSR count). The third-order valence-corrected chi connectivity index (χ3v) is 5.62. The number of rotatable bonds is 3. The molecule has 0 bridgehead atoms. The number of likely N-dealkylation sites (tertiary alicyclic amines) is 1. The van der Waals surface area contributed by atoms with E-state index < -0.39 is 0 Å². The summed E-state index contributed by atoms with van der Waals surface area (Å²) < 4.78 is 13.0. The van der Waals surface area contributed by atoms with Gasteiger partial charge in [-0.2, -0.15) is 0 Å². The van der Waals surface area contributed by atoms with Crippen LogP contribution in [-0.4, -0.2) is 22.5 Å². The van der Waals surface area contributed by atoms with Crippen LogP contribution in [0.15, 0.2) is 60.8 Å². The van der Waals surface area contributed by atoms with E-state index in [1.165, 1.54) is 12.1 Å². The van der Waals surface area contributed by atoms with Crippen molar-refractivity contribution < 1.29 is 9.18 Å². The Balaban J connectivity index is 1.50. The number of nitrogens with one attached hydrogen (secondary N) is 1. The van der Waals surface area contributed by atoms with Crippen LogP contribution in [0.3, 0.4) is 0 Å². The largest absolute Gasteiger partial charge is 0.322 e. The summed E-state index contributed by atoms with van der Waals surface area (Å²) in [6.07, 6.45) is 3.73. The molecule has 6 heteroatoms. The topological polar surface area (TPSA) is 45.2 Å². The van der Waals surface area contributed by atoms with Gasteiger partial charge >= 0.3 is 6.03 Å². The van der Waals surface area contributed by atoms with Crippen molar-refractivity contribution in [3.05, 3.63) is 71.6 Å². The van der Waals surface area contributed by atoms with E-state index in [2.05, 4.69) is 22.4 Å². The SMILES string of the molecule is O=C(Nc1ccc(F)cc1)N1CCCC1c1ncc(-c2ccccc2)s1. The number of amides is 2. The Bertz CT molecular complexity index is 895. The van der Waals surface area contributed by atoms with Gasteiger partial charge in [0.05, 0.1) is 10.9 Å². The number of benzene rings is 2. The maximum atomic E-state index is 13.0. The maximum absolute atomic E-state index is 13.0. The number of carbonyl (C=O) groups is 1. The van der Waals surface area contributed by atoms with Crippen molar-refractivity contribution >= 4 is 23.1 Å². The Morgan fingerprint density at radius 3 is 2.69 bits per heavy atom. The molecule has 4 nitrogen and oxygen atoms in total. The van der Waals surface area contributed by atoms with Gasteiger partial charge in [0.25, 0.3) is 0 Å². The molecule has 3 aromatic rings. The number of urea groups is 1. The lowest BCUT2D eigenvalue weighted by molar-refractivity contribution is 0.207. The van der Waals surface area contributed by atoms with Gasteiger partial charge in [-0.05, 0) is 42.7 Å². The predicted molar refractivity (Wildman–Crippen MR) is 102 cm³/mol. The first-order valence-corrected chi connectivity index (χ1v) is 9.37. The van der Waals surface area contributed by atoms with Crippen molar-refractivity contribution in [2.75, 3.05) is 11.9 Å². The van der Waals surface area contributed by atoms with Gasteiger partial charge in [0.2, 0.25) is 0 Å². The molecule has 2 amide bonds. The summed E-state index contributed by atoms with van der Waals surface area (Å²) in [5.41, 5.74) is 1.72. The van der Waals surface area contributed by atoms with Crippen LogP contribution in [0, 0.1) is 5.82 Å². The van der Waals surface area contributed by atoms with E-state index in [4.69, 9.17) is 0 Å². The highest BCUT2D eigenvalue weighted by molar-refractivity contribution is 7.15. The second-order valence-corrected chi connectivity index (χ2v) is 7.28. The van der Waals surface area contributed by atoms with Crippen LogP contribution in [0.25, 0.3) is 10.4 Å². The van der Waals surface area contributed by atoms with E-state index in [0.717, 1.165) is 28.3 Å². The van der Waals surface area contributed by atoms with E-state index in [0.29, 0.717) is 12.2 Å². The van der Waals surface area contributed by atoms with Gasteiger partial charge in [-0.3, -0.25) is 0 Å². The van der Waals surface area contributed by atoms with Crippen molar-refractivity contribution in [1.29, 1.82) is 0 Å². The zero-order valence-corrected chi connectivity index (χ0v) is 14.9. The minimum Gasteiger partial charge on any atom is -0.315 e. The number of carbonyl (C=O) groups excluding carboxylic acids is 1. The lowest BCUT2D eigenvalue weighted by Gasteiger charge is -2.23. The van der Waals surface area contributed by atoms with Crippen molar-refractivity contribution in [3.63, 3.8) is 0 Å². The first-order valence-electron chi connectivity index (χ1n) is 8.55. The van der Waals surface area contributed by atoms with E-state index in [1.54, 1.807) is 23.5 Å². The number of halogens is 1. The van der Waals surface area contributed by atoms with Crippen molar-refractivity contribution in [2.45, 2.75) is 18.9 Å². The van der Waals surface area contributed by atoms with E-state index in [-0.39, 0.29) is 17.9 Å². The predicted octanol–water partition coefficient (Wildman–Crippen LogP) is 5.32. The molecule has 1 N–H and O–H groups in total. The van der Waals surface area contributed by atoms with Crippen LogP contribution >= 0.6 is 11.3 Å². The average Bonchev–Trinajstić information content (AvgIpc) is 3.33. The van der Waals surface area contributed by atoms with E-state index in [1.807, 2.05) is 29.3 Å². The van der Waals surface area contributed by atoms with E-state index >= 15 is 0 Å². The number of anilines is 1. The maximum Gasteiger partial charge on any atom is 0.322 e. The molecule has 2 aromatic carbocycles. The average molecular weight is 367 g/mol. The molecule has 2 heterocycles. The van der Waals surface area contributed by atoms with Gasteiger partial charge in [0, 0.05) is 18.4 Å². The molecular formula is C20H18FN3OS. The summed E-state index contributed by atoms with van der Waals surface area (Å²) in [6.45, 7) is 0.692. The molecule has 26 heavy (non-hydrogen) atoms. The molecule has 1 fully saturated rings. The summed E-state index contributed by atoms with van der Waals surface area (Å²) in [7, 11) is 0. The van der Waals surface area contributed by atoms with Crippen LogP contribution < -0.4 is 5.32 Å². The third-order valence-electron chi connectivity index (χ3n) is 4.48. The summed E-state index contributed by atoms with van der Waals surface area (Å²) in [6, 6.07) is 15.7. The summed E-state index contributed by atoms with van der Waals surface area (Å²) >= 11 is 1.63. The van der Waals surface area contributed by atoms with Crippen LogP contribution in [0.5, 0.6) is 0 Å². The van der Waals surface area contributed by atoms with Crippen molar-refractivity contribution in [2.24, 2.45) is 0 Å². The fourth-order valence-corrected chi connectivity index (χ4v) is 4.24. The molecule has 1 unspecified atom stereocenters. The standard InChI is InChI=1S/C20H18FN3OS/c21-15-8-10-16(11-9-15)23-20(25)24-12-4-7-17(24)19-22-13-18(26-19)14-5-2-1-3-6-14/h1-3,5-6,8-11,13,17H,4,7,12H2,(H,23,25). The van der Waals surface area contributed by atoms with Gasteiger partial charge < -0.3 is 10.2 Å². The van der Waals surface area contributed by atoms with Crippen LogP contribution in [-0.2, 0) is 0 Å².